The number of hydrogen-bond donors (Lipinski definition) is 0. The van der Waals surface area contributed by atoms with Crippen molar-refractivity contribution in [3.63, 3.8) is 0 Å². The Labute approximate surface area is 153 Å². The molecule has 7 nitrogen and oxygen atoms in total. The lowest BCUT2D eigenvalue weighted by Gasteiger charge is -2.19. The average Bonchev–Trinajstić information content (AvgIpc) is 3.19. The number of hydrogen-bond acceptors (Lipinski definition) is 6. The molecule has 1 aromatic carbocycles. The van der Waals surface area contributed by atoms with Crippen LogP contribution in [0, 0.1) is 0 Å². The van der Waals surface area contributed by atoms with E-state index in [1.807, 2.05) is 0 Å². The summed E-state index contributed by atoms with van der Waals surface area (Å²) >= 11 is 0. The molecule has 1 aliphatic heterocycles. The number of amides is 1. The molecule has 0 N–H and O–H groups in total. The summed E-state index contributed by atoms with van der Waals surface area (Å²) in [5.74, 6) is 0.801. The van der Waals surface area contributed by atoms with Crippen LogP contribution in [-0.2, 0) is 14.3 Å². The van der Waals surface area contributed by atoms with Crippen molar-refractivity contribution < 1.29 is 28.5 Å². The van der Waals surface area contributed by atoms with Crippen molar-refractivity contribution in [2.45, 2.75) is 25.9 Å². The lowest BCUT2D eigenvalue weighted by Crippen LogP contribution is -2.37. The van der Waals surface area contributed by atoms with Crippen LogP contribution in [0.2, 0.25) is 0 Å². The first-order valence-corrected chi connectivity index (χ1v) is 8.47. The molecule has 0 radical (unpaired) electrons. The van der Waals surface area contributed by atoms with E-state index in [9.17, 15) is 9.59 Å². The van der Waals surface area contributed by atoms with Gasteiger partial charge in [-0.2, -0.15) is 0 Å². The summed E-state index contributed by atoms with van der Waals surface area (Å²) in [5, 5.41) is 0. The van der Waals surface area contributed by atoms with Crippen LogP contribution >= 0.6 is 0 Å². The van der Waals surface area contributed by atoms with Gasteiger partial charge in [0, 0.05) is 30.8 Å². The van der Waals surface area contributed by atoms with Crippen LogP contribution in [0.3, 0.4) is 0 Å². The summed E-state index contributed by atoms with van der Waals surface area (Å²) in [5.41, 5.74) is 0.626. The monoisotopic (exact) mass is 363 g/mol. The number of carbonyl (C=O) groups excluding carboxylic acids is 2. The molecule has 26 heavy (non-hydrogen) atoms. The van der Waals surface area contributed by atoms with Gasteiger partial charge in [0.2, 0.25) is 0 Å². The maximum absolute atomic E-state index is 12.2. The van der Waals surface area contributed by atoms with Gasteiger partial charge >= 0.3 is 5.97 Å². The van der Waals surface area contributed by atoms with Gasteiger partial charge in [-0.15, -0.1) is 0 Å². The van der Waals surface area contributed by atoms with Gasteiger partial charge in [0.25, 0.3) is 5.91 Å². The number of benzene rings is 1. The van der Waals surface area contributed by atoms with E-state index in [2.05, 4.69) is 0 Å². The van der Waals surface area contributed by atoms with Crippen LogP contribution in [0.5, 0.6) is 17.2 Å². The molecule has 1 saturated heterocycles. The van der Waals surface area contributed by atoms with Gasteiger partial charge < -0.3 is 23.8 Å². The van der Waals surface area contributed by atoms with Crippen LogP contribution in [0.15, 0.2) is 18.2 Å². The van der Waals surface area contributed by atoms with E-state index in [1.54, 1.807) is 30.0 Å². The number of carbonyl (C=O) groups is 2. The third kappa shape index (κ3) is 4.68. The van der Waals surface area contributed by atoms with E-state index < -0.39 is 12.1 Å². The Bertz CT molecular complexity index is 679. The van der Waals surface area contributed by atoms with Crippen LogP contribution in [0.1, 0.15) is 25.3 Å². The molecule has 1 aromatic rings. The van der Waals surface area contributed by atoms with Crippen molar-refractivity contribution in [2.75, 3.05) is 34.4 Å². The van der Waals surface area contributed by atoms with Gasteiger partial charge in [-0.25, -0.2) is 4.79 Å². The molecule has 0 bridgehead atoms. The smallest absolute Gasteiger partial charge is 0.331 e. The average molecular weight is 363 g/mol. The first-order valence-electron chi connectivity index (χ1n) is 8.47. The topological polar surface area (TPSA) is 74.3 Å². The van der Waals surface area contributed by atoms with Crippen molar-refractivity contribution >= 4 is 18.0 Å². The second kappa shape index (κ2) is 9.12. The molecule has 0 saturated carbocycles. The highest BCUT2D eigenvalue weighted by Gasteiger charge is 2.25. The van der Waals surface area contributed by atoms with E-state index >= 15 is 0 Å². The summed E-state index contributed by atoms with van der Waals surface area (Å²) < 4.78 is 21.0. The zero-order valence-electron chi connectivity index (χ0n) is 15.6. The van der Waals surface area contributed by atoms with Crippen molar-refractivity contribution in [1.82, 2.24) is 4.90 Å². The molecule has 0 aliphatic carbocycles. The van der Waals surface area contributed by atoms with Gasteiger partial charge in [-0.05, 0) is 31.9 Å². The zero-order chi connectivity index (χ0) is 19.1. The highest BCUT2D eigenvalue weighted by Crippen LogP contribution is 2.35. The van der Waals surface area contributed by atoms with Crippen molar-refractivity contribution in [3.05, 3.63) is 23.8 Å². The molecule has 1 unspecified atom stereocenters. The van der Waals surface area contributed by atoms with Crippen LogP contribution in [-0.4, -0.2) is 57.3 Å². The molecule has 1 amide bonds. The first kappa shape index (κ1) is 19.6. The predicted molar refractivity (Wildman–Crippen MR) is 96.5 cm³/mol. The Morgan fingerprint density at radius 2 is 1.58 bits per heavy atom. The summed E-state index contributed by atoms with van der Waals surface area (Å²) in [6.07, 6.45) is 3.99. The van der Waals surface area contributed by atoms with E-state index in [4.69, 9.17) is 18.9 Å². The second-order valence-corrected chi connectivity index (χ2v) is 5.89. The number of methoxy groups -OCH3 is 3. The number of esters is 1. The zero-order valence-corrected chi connectivity index (χ0v) is 15.6. The minimum atomic E-state index is -0.808. The Kier molecular flexibility index (Phi) is 6.89. The Morgan fingerprint density at radius 3 is 2.15 bits per heavy atom. The number of nitrogens with zero attached hydrogens (tertiary/aromatic N) is 1. The molecule has 7 heteroatoms. The van der Waals surface area contributed by atoms with Crippen molar-refractivity contribution in [2.24, 2.45) is 0 Å². The third-order valence-electron chi connectivity index (χ3n) is 4.19. The molecule has 1 atom stereocenters. The number of likely N-dealkylation sites (tertiary alicyclic amines) is 1. The molecule has 1 aliphatic rings. The summed E-state index contributed by atoms with van der Waals surface area (Å²) in [6.45, 7) is 3.03. The fourth-order valence-electron chi connectivity index (χ4n) is 2.80. The van der Waals surface area contributed by atoms with Gasteiger partial charge in [0.1, 0.15) is 5.75 Å². The molecule has 0 spiro atoms. The van der Waals surface area contributed by atoms with Crippen LogP contribution < -0.4 is 14.2 Å². The molecular formula is C19H25NO6. The van der Waals surface area contributed by atoms with Gasteiger partial charge in [0.05, 0.1) is 21.3 Å². The maximum Gasteiger partial charge on any atom is 0.331 e. The Balaban J connectivity index is 2.05. The summed E-state index contributed by atoms with van der Waals surface area (Å²) in [7, 11) is 4.58. The normalized spacial score (nSPS) is 15.0. The summed E-state index contributed by atoms with van der Waals surface area (Å²) in [6, 6.07) is 3.36. The second-order valence-electron chi connectivity index (χ2n) is 5.89. The minimum Gasteiger partial charge on any atom is -0.496 e. The quantitative estimate of drug-likeness (QED) is 0.547. The van der Waals surface area contributed by atoms with Crippen molar-refractivity contribution in [3.8, 4) is 17.2 Å². The molecule has 2 rings (SSSR count). The Morgan fingerprint density at radius 1 is 1.00 bits per heavy atom. The Hall–Kier alpha value is -2.70. The SMILES string of the molecule is COc1cc(OC)c(OC)cc1/C=C/C(=O)OC(C)C(=O)N1CCCC1. The van der Waals surface area contributed by atoms with Gasteiger partial charge in [-0.3, -0.25) is 4.79 Å². The molecule has 1 heterocycles. The van der Waals surface area contributed by atoms with E-state index in [1.165, 1.54) is 27.4 Å². The lowest BCUT2D eigenvalue weighted by molar-refractivity contribution is -0.154. The fraction of sp³-hybridized carbons (Fsp3) is 0.474. The van der Waals surface area contributed by atoms with Gasteiger partial charge in [0.15, 0.2) is 17.6 Å². The lowest BCUT2D eigenvalue weighted by atomic mass is 10.1. The largest absolute Gasteiger partial charge is 0.496 e. The fourth-order valence-corrected chi connectivity index (χ4v) is 2.80. The van der Waals surface area contributed by atoms with E-state index in [0.29, 0.717) is 22.8 Å². The highest BCUT2D eigenvalue weighted by molar-refractivity contribution is 5.91. The van der Waals surface area contributed by atoms with E-state index in [0.717, 1.165) is 25.9 Å². The number of rotatable bonds is 7. The van der Waals surface area contributed by atoms with E-state index in [-0.39, 0.29) is 5.91 Å². The van der Waals surface area contributed by atoms with Crippen LogP contribution in [0.4, 0.5) is 0 Å². The predicted octanol–water partition coefficient (Wildman–Crippen LogP) is 2.28. The highest BCUT2D eigenvalue weighted by atomic mass is 16.5. The number of ether oxygens (including phenoxy) is 4. The molecule has 0 aromatic heterocycles. The van der Waals surface area contributed by atoms with Crippen LogP contribution in [0.25, 0.3) is 6.08 Å². The van der Waals surface area contributed by atoms with Gasteiger partial charge in [-0.1, -0.05) is 0 Å². The molecular weight excluding hydrogens is 338 g/mol. The minimum absolute atomic E-state index is 0.159. The van der Waals surface area contributed by atoms with Crippen molar-refractivity contribution in [1.29, 1.82) is 0 Å². The first-order chi connectivity index (χ1) is 12.5. The summed E-state index contributed by atoms with van der Waals surface area (Å²) in [4.78, 5) is 26.0. The third-order valence-corrected chi connectivity index (χ3v) is 4.19. The molecule has 1 fully saturated rings. The maximum atomic E-state index is 12.2. The standard InChI is InChI=1S/C19H25NO6/c1-13(19(22)20-9-5-6-10-20)26-18(21)8-7-14-11-16(24-3)17(25-4)12-15(14)23-2/h7-8,11-13H,5-6,9-10H2,1-4H3/b8-7+. The molecule has 142 valence electrons.